The standard InChI is InChI=1S/C104H90F3N7O11/c1-59(2)53-112-99(116)83-47-66(69-29-41-90-86(50-69)93(102(119)108-6)96(123-90)63-20-32-75(105)33-21-63)26-38-80(83)72-17-13-14-62(46-72)44-45-111-54-61(5)55-113-100(117)84-48-67(70-30-42-91-87(51-70)94(103(120)109-7)97(124-91)64-22-34-76(106)35-23-64)28-40-82(84)79-19-12-10-16-74(79)57-122-58-89(60(3)4)114-101(118)85-49-68(27-39-81(85)78-18-11-9-15-73(78)56-115)71-31-43-92-88(52-71)95(104(121)110-8)98(125-92)65-24-36-77(107)37-25-65/h9-43,46-52,59-61,89,115H,44,53-58H2,1-8H3,(H5-,108,109,110,112,113,114,116,117,118,119,120,121)/p+1. The topological polar surface area (TPSA) is 248 Å². The summed E-state index contributed by atoms with van der Waals surface area (Å²) in [5.74, 6) is -2.83. The van der Waals surface area contributed by atoms with Crippen molar-refractivity contribution in [2.45, 2.75) is 60.3 Å². The largest absolute Gasteiger partial charge is 0.455 e. The predicted molar refractivity (Wildman–Crippen MR) is 484 cm³/mol. The van der Waals surface area contributed by atoms with Crippen molar-refractivity contribution in [3.05, 3.63) is 327 Å². The molecular formula is C104H91F3N7O11+. The number of hydrogen-bond donors (Lipinski definition) is 7. The van der Waals surface area contributed by atoms with E-state index in [0.29, 0.717) is 153 Å². The first-order chi connectivity index (χ1) is 60.5. The summed E-state index contributed by atoms with van der Waals surface area (Å²) in [6, 6.07) is 75.9. The third kappa shape index (κ3) is 18.6. The van der Waals surface area contributed by atoms with Gasteiger partial charge in [-0.25, -0.2) is 13.2 Å². The van der Waals surface area contributed by atoms with Crippen LogP contribution in [0, 0.1) is 41.3 Å². The maximum absolute atomic E-state index is 15.2. The first-order valence-corrected chi connectivity index (χ1v) is 41.3. The number of aliphatic hydroxyl groups is 1. The van der Waals surface area contributed by atoms with Crippen LogP contribution < -0.4 is 31.9 Å². The first-order valence-electron chi connectivity index (χ1n) is 41.3. The summed E-state index contributed by atoms with van der Waals surface area (Å²) in [5.41, 5.74) is 15.2. The lowest BCUT2D eigenvalue weighted by Crippen LogP contribution is -2.42. The molecule has 15 rings (SSSR count). The quantitative estimate of drug-likeness (QED) is 0.0243. The molecule has 0 aliphatic rings. The third-order valence-electron chi connectivity index (χ3n) is 22.3. The van der Waals surface area contributed by atoms with Crippen molar-refractivity contribution in [2.75, 3.05) is 47.4 Å². The Kier molecular flexibility index (Phi) is 25.7. The van der Waals surface area contributed by atoms with Crippen molar-refractivity contribution in [1.82, 2.24) is 31.9 Å². The van der Waals surface area contributed by atoms with E-state index in [1.807, 2.05) is 186 Å². The average molecular weight is 1670 g/mol. The Morgan fingerprint density at radius 3 is 1.23 bits per heavy atom. The van der Waals surface area contributed by atoms with Crippen LogP contribution in [0.1, 0.15) is 113 Å². The van der Waals surface area contributed by atoms with E-state index in [-0.39, 0.29) is 84.5 Å². The van der Waals surface area contributed by atoms with Crippen LogP contribution in [0.2, 0.25) is 0 Å². The summed E-state index contributed by atoms with van der Waals surface area (Å²) in [7, 11) is 4.58. The Morgan fingerprint density at radius 1 is 0.400 bits per heavy atom. The van der Waals surface area contributed by atoms with E-state index >= 15 is 9.59 Å². The first kappa shape index (κ1) is 85.3. The fraction of sp³-hybridized carbons (Fsp3) is 0.183. The number of furan rings is 3. The summed E-state index contributed by atoms with van der Waals surface area (Å²) >= 11 is 0. The highest BCUT2D eigenvalue weighted by Gasteiger charge is 2.30. The number of fused-ring (bicyclic) bond motifs is 3. The van der Waals surface area contributed by atoms with Crippen LogP contribution in [0.4, 0.5) is 13.2 Å². The molecule has 21 heteroatoms. The lowest BCUT2D eigenvalue weighted by Gasteiger charge is -2.24. The minimum absolute atomic E-state index is 0.0641. The van der Waals surface area contributed by atoms with E-state index in [4.69, 9.17) is 22.8 Å². The summed E-state index contributed by atoms with van der Waals surface area (Å²) in [6.07, 6.45) is 0.338. The Morgan fingerprint density at radius 2 is 0.792 bits per heavy atom. The van der Waals surface area contributed by atoms with Gasteiger partial charge in [-0.3, -0.25) is 28.8 Å². The Bertz CT molecular complexity index is 6710. The normalized spacial score (nSPS) is 11.8. The van der Waals surface area contributed by atoms with Crippen molar-refractivity contribution in [1.29, 1.82) is 0 Å². The van der Waals surface area contributed by atoms with E-state index in [1.54, 1.807) is 66.7 Å². The van der Waals surface area contributed by atoms with Crippen LogP contribution in [0.15, 0.2) is 268 Å². The van der Waals surface area contributed by atoms with Crippen molar-refractivity contribution < 1.29 is 65.0 Å². The van der Waals surface area contributed by atoms with E-state index < -0.39 is 41.2 Å². The van der Waals surface area contributed by atoms with Crippen LogP contribution in [-0.4, -0.2) is 94.0 Å². The van der Waals surface area contributed by atoms with E-state index in [9.17, 15) is 37.5 Å². The molecule has 628 valence electrons. The van der Waals surface area contributed by atoms with Crippen molar-refractivity contribution in [2.24, 2.45) is 17.8 Å². The maximum atomic E-state index is 15.2. The van der Waals surface area contributed by atoms with Crippen molar-refractivity contribution in [3.8, 4) is 107 Å². The van der Waals surface area contributed by atoms with Crippen LogP contribution in [0.3, 0.4) is 0 Å². The van der Waals surface area contributed by atoms with Crippen molar-refractivity contribution in [3.63, 3.8) is 0 Å². The van der Waals surface area contributed by atoms with Crippen LogP contribution in [0.5, 0.6) is 0 Å². The molecule has 6 amide bonds. The number of nitrogens with zero attached hydrogens (tertiary/aromatic N) is 1. The zero-order valence-electron chi connectivity index (χ0n) is 70.1. The Balaban J connectivity index is 0.683. The highest BCUT2D eigenvalue weighted by Crippen LogP contribution is 2.43. The molecule has 2 unspecified atom stereocenters. The number of halogens is 3. The maximum Gasteiger partial charge on any atom is 0.277 e. The molecule has 0 radical (unpaired) electrons. The van der Waals surface area contributed by atoms with Gasteiger partial charge in [-0.1, -0.05) is 161 Å². The molecule has 7 N–H and O–H groups in total. The fourth-order valence-corrected chi connectivity index (χ4v) is 15.6. The van der Waals surface area contributed by atoms with E-state index in [1.165, 1.54) is 57.5 Å². The zero-order chi connectivity index (χ0) is 87.7. The van der Waals surface area contributed by atoms with Gasteiger partial charge in [-0.05, 0) is 229 Å². The number of carbonyl (C=O) groups excluding carboxylic acids is 6. The van der Waals surface area contributed by atoms with Gasteiger partial charge in [-0.2, -0.15) is 0 Å². The van der Waals surface area contributed by atoms with Gasteiger partial charge in [-0.15, -0.1) is 0 Å². The second kappa shape index (κ2) is 37.7. The van der Waals surface area contributed by atoms with Gasteiger partial charge in [0, 0.05) is 83.8 Å². The van der Waals surface area contributed by atoms with Gasteiger partial charge in [0.15, 0.2) is 0 Å². The molecule has 125 heavy (non-hydrogen) atoms. The second-order valence-electron chi connectivity index (χ2n) is 31.7. The molecule has 0 fully saturated rings. The SMILES string of the molecule is CNC(=O)c1c(-c2ccc(F)cc2)oc2ccc(-c3ccc(-c4cccc(CC#[N+]CC(C)CNC(=O)c5cc(-c6ccc7oc(-c8ccc(F)cc8)c(C(=O)NC)c7c6)ccc5-c5ccccc5COCC(NC(=O)c5cc(-c6ccc7oc(-c8ccc(F)cc8)c(C(=O)NC)c7c6)ccc5-c5ccccc5CO)C(C)C)c4)c(C(=O)NCC(C)C)c3)cc12. The molecule has 0 saturated carbocycles. The van der Waals surface area contributed by atoms with Crippen LogP contribution >= 0.6 is 0 Å². The molecule has 3 heterocycles. The van der Waals surface area contributed by atoms with Gasteiger partial charge in [0.25, 0.3) is 48.1 Å². The summed E-state index contributed by atoms with van der Waals surface area (Å²) in [5, 5.41) is 30.0. The number of rotatable bonds is 28. The van der Waals surface area contributed by atoms with Crippen LogP contribution in [0.25, 0.3) is 138 Å². The fourth-order valence-electron chi connectivity index (χ4n) is 15.6. The van der Waals surface area contributed by atoms with E-state index in [2.05, 4.69) is 38.0 Å². The average Bonchev–Trinajstić information content (AvgIpc) is 1.62. The van der Waals surface area contributed by atoms with E-state index in [0.717, 1.165) is 27.8 Å². The van der Waals surface area contributed by atoms with Gasteiger partial charge >= 0.3 is 0 Å². The second-order valence-corrected chi connectivity index (χ2v) is 31.7. The summed E-state index contributed by atoms with van der Waals surface area (Å²) in [6.45, 7) is 10.8. The monoisotopic (exact) mass is 1670 g/mol. The molecule has 0 aliphatic carbocycles. The van der Waals surface area contributed by atoms with Gasteiger partial charge in [0.2, 0.25) is 0 Å². The molecule has 0 saturated heterocycles. The van der Waals surface area contributed by atoms with Gasteiger partial charge in [0.1, 0.15) is 57.9 Å². The molecule has 0 bridgehead atoms. The Labute approximate surface area is 720 Å². The van der Waals surface area contributed by atoms with Gasteiger partial charge in [0.05, 0.1) is 48.5 Å². The Hall–Kier alpha value is -14.7. The number of amides is 6. The molecule has 0 spiro atoms. The molecule has 2 atom stereocenters. The number of nitrogens with one attached hydrogen (secondary N) is 6. The molecule has 12 aromatic carbocycles. The minimum atomic E-state index is -0.542. The summed E-state index contributed by atoms with van der Waals surface area (Å²) < 4.78 is 67.9. The zero-order valence-corrected chi connectivity index (χ0v) is 70.1. The highest BCUT2D eigenvalue weighted by molar-refractivity contribution is 6.15. The molecule has 3 aromatic heterocycles. The number of aliphatic hydroxyl groups excluding tert-OH is 1. The number of hydrogen-bond acceptors (Lipinski definition) is 11. The molecular weight excluding hydrogens is 1580 g/mol. The minimum Gasteiger partial charge on any atom is -0.455 e. The van der Waals surface area contributed by atoms with Crippen LogP contribution in [-0.2, 0) is 24.4 Å². The molecule has 18 nitrogen and oxygen atoms in total. The molecule has 0 aliphatic heterocycles. The predicted octanol–water partition coefficient (Wildman–Crippen LogP) is 21.2. The smallest absolute Gasteiger partial charge is 0.277 e. The van der Waals surface area contributed by atoms with Crippen molar-refractivity contribution >= 4 is 68.4 Å². The third-order valence-corrected chi connectivity index (χ3v) is 22.3. The number of ether oxygens (including phenoxy) is 1. The molecule has 15 aromatic rings. The van der Waals surface area contributed by atoms with Gasteiger partial charge < -0.3 is 55.0 Å². The number of carbonyl (C=O) groups is 6. The number of benzene rings is 12. The lowest BCUT2D eigenvalue weighted by atomic mass is 9.91. The lowest BCUT2D eigenvalue weighted by molar-refractivity contribution is 0.0725. The summed E-state index contributed by atoms with van der Waals surface area (Å²) in [4.78, 5) is 90.4. The highest BCUT2D eigenvalue weighted by atomic mass is 19.1.